The fraction of sp³-hybridized carbons (Fsp3) is 0.364. The van der Waals surface area contributed by atoms with Crippen molar-refractivity contribution in [2.45, 2.75) is 19.1 Å². The zero-order chi connectivity index (χ0) is 13.0. The van der Waals surface area contributed by atoms with Crippen LogP contribution in [0.25, 0.3) is 0 Å². The van der Waals surface area contributed by atoms with Crippen LogP contribution >= 0.6 is 27.5 Å². The number of benzene rings is 1. The Balaban J connectivity index is 2.84. The maximum absolute atomic E-state index is 11.2. The number of esters is 1. The summed E-state index contributed by atoms with van der Waals surface area (Å²) < 4.78 is 5.19. The van der Waals surface area contributed by atoms with Crippen molar-refractivity contribution in [2.24, 2.45) is 0 Å². The Labute approximate surface area is 112 Å². The van der Waals surface area contributed by atoms with Crippen LogP contribution in [0.2, 0.25) is 5.02 Å². The molecular weight excluding hydrogens is 311 g/mol. The molecular formula is C11H12BrClO4. The molecule has 0 aliphatic heterocycles. The Morgan fingerprint density at radius 3 is 2.71 bits per heavy atom. The molecule has 6 heteroatoms. The average Bonchev–Trinajstić information content (AvgIpc) is 2.31. The molecule has 0 saturated carbocycles. The van der Waals surface area contributed by atoms with E-state index in [0.717, 1.165) is 0 Å². The lowest BCUT2D eigenvalue weighted by Gasteiger charge is -2.17. The van der Waals surface area contributed by atoms with Gasteiger partial charge in [0.2, 0.25) is 0 Å². The van der Waals surface area contributed by atoms with Gasteiger partial charge in [0.05, 0.1) is 11.6 Å². The van der Waals surface area contributed by atoms with E-state index in [1.807, 2.05) is 0 Å². The summed E-state index contributed by atoms with van der Waals surface area (Å²) in [6.07, 6.45) is -2.95. The largest absolute Gasteiger partial charge is 0.464 e. The minimum Gasteiger partial charge on any atom is -0.464 e. The van der Waals surface area contributed by atoms with Gasteiger partial charge in [-0.3, -0.25) is 0 Å². The Kier molecular flexibility index (Phi) is 5.39. The summed E-state index contributed by atoms with van der Waals surface area (Å²) in [7, 11) is 0. The third kappa shape index (κ3) is 3.67. The van der Waals surface area contributed by atoms with E-state index in [4.69, 9.17) is 11.6 Å². The molecule has 0 aliphatic carbocycles. The number of rotatable bonds is 4. The second-order valence-electron chi connectivity index (χ2n) is 3.32. The summed E-state index contributed by atoms with van der Waals surface area (Å²) in [5, 5.41) is 19.8. The standard InChI is InChI=1S/C11H12BrClO4/c1-2-17-11(16)10(15)9(14)6-3-4-8(13)7(12)5-6/h3-5,9-10,14-15H,2H2,1H3. The van der Waals surface area contributed by atoms with Gasteiger partial charge in [-0.1, -0.05) is 17.7 Å². The molecule has 0 aromatic heterocycles. The number of hydrogen-bond acceptors (Lipinski definition) is 4. The molecule has 0 heterocycles. The molecule has 17 heavy (non-hydrogen) atoms. The highest BCUT2D eigenvalue weighted by Gasteiger charge is 2.27. The fourth-order valence-corrected chi connectivity index (χ4v) is 1.75. The zero-order valence-electron chi connectivity index (χ0n) is 9.06. The van der Waals surface area contributed by atoms with Crippen LogP contribution in [-0.2, 0) is 9.53 Å². The first-order valence-corrected chi connectivity index (χ1v) is 6.12. The third-order valence-electron chi connectivity index (χ3n) is 2.11. The molecule has 2 N–H and O–H groups in total. The van der Waals surface area contributed by atoms with Gasteiger partial charge in [-0.25, -0.2) is 4.79 Å². The van der Waals surface area contributed by atoms with Crippen LogP contribution in [-0.4, -0.2) is 28.9 Å². The molecule has 0 saturated heterocycles. The van der Waals surface area contributed by atoms with Gasteiger partial charge in [-0.2, -0.15) is 0 Å². The molecule has 0 radical (unpaired) electrons. The number of halogens is 2. The van der Waals surface area contributed by atoms with E-state index in [2.05, 4.69) is 20.7 Å². The van der Waals surface area contributed by atoms with E-state index in [1.54, 1.807) is 13.0 Å². The van der Waals surface area contributed by atoms with Gasteiger partial charge in [-0.05, 0) is 40.5 Å². The minimum atomic E-state index is -1.61. The smallest absolute Gasteiger partial charge is 0.338 e. The molecule has 94 valence electrons. The molecule has 0 bridgehead atoms. The molecule has 1 rings (SSSR count). The topological polar surface area (TPSA) is 66.8 Å². The summed E-state index contributed by atoms with van der Waals surface area (Å²) in [5.41, 5.74) is 0.377. The maximum atomic E-state index is 11.2. The van der Waals surface area contributed by atoms with Crippen LogP contribution in [0.1, 0.15) is 18.6 Å². The van der Waals surface area contributed by atoms with Gasteiger partial charge < -0.3 is 14.9 Å². The molecule has 2 atom stereocenters. The molecule has 2 unspecified atom stereocenters. The molecule has 0 amide bonds. The SMILES string of the molecule is CCOC(=O)C(O)C(O)c1ccc(Cl)c(Br)c1. The highest BCUT2D eigenvalue weighted by Crippen LogP contribution is 2.27. The van der Waals surface area contributed by atoms with Crippen molar-refractivity contribution in [3.05, 3.63) is 33.3 Å². The van der Waals surface area contributed by atoms with E-state index in [1.165, 1.54) is 12.1 Å². The number of ether oxygens (including phenoxy) is 1. The zero-order valence-corrected chi connectivity index (χ0v) is 11.4. The fourth-order valence-electron chi connectivity index (χ4n) is 1.24. The molecule has 0 fully saturated rings. The number of aliphatic hydroxyl groups is 2. The summed E-state index contributed by atoms with van der Waals surface area (Å²) >= 11 is 8.98. The first kappa shape index (κ1) is 14.4. The third-order valence-corrected chi connectivity index (χ3v) is 3.33. The predicted octanol–water partition coefficient (Wildman–Crippen LogP) is 2.06. The lowest BCUT2D eigenvalue weighted by molar-refractivity contribution is -0.159. The summed E-state index contributed by atoms with van der Waals surface area (Å²) in [6, 6.07) is 4.62. The number of carbonyl (C=O) groups excluding carboxylic acids is 1. The van der Waals surface area contributed by atoms with Crippen molar-refractivity contribution < 1.29 is 19.7 Å². The summed E-state index contributed by atoms with van der Waals surface area (Å²) in [6.45, 7) is 1.77. The number of hydrogen-bond donors (Lipinski definition) is 2. The molecule has 1 aromatic carbocycles. The normalized spacial score (nSPS) is 14.2. The molecule has 0 aliphatic rings. The first-order chi connectivity index (χ1) is 7.97. The van der Waals surface area contributed by atoms with Crippen LogP contribution in [0.5, 0.6) is 0 Å². The van der Waals surface area contributed by atoms with Crippen LogP contribution in [0.15, 0.2) is 22.7 Å². The lowest BCUT2D eigenvalue weighted by atomic mass is 10.0. The Bertz CT molecular complexity index is 410. The van der Waals surface area contributed by atoms with Crippen molar-refractivity contribution in [1.82, 2.24) is 0 Å². The molecule has 0 spiro atoms. The monoisotopic (exact) mass is 322 g/mol. The Hall–Kier alpha value is -0.620. The van der Waals surface area contributed by atoms with Crippen molar-refractivity contribution >= 4 is 33.5 Å². The van der Waals surface area contributed by atoms with E-state index in [0.29, 0.717) is 15.1 Å². The van der Waals surface area contributed by atoms with Gasteiger partial charge in [0, 0.05) is 4.47 Å². The predicted molar refractivity (Wildman–Crippen MR) is 66.8 cm³/mol. The lowest BCUT2D eigenvalue weighted by Crippen LogP contribution is -2.29. The Morgan fingerprint density at radius 1 is 1.53 bits per heavy atom. The van der Waals surface area contributed by atoms with Gasteiger partial charge in [-0.15, -0.1) is 0 Å². The molecule has 4 nitrogen and oxygen atoms in total. The van der Waals surface area contributed by atoms with Gasteiger partial charge in [0.1, 0.15) is 6.10 Å². The van der Waals surface area contributed by atoms with Crippen LogP contribution < -0.4 is 0 Å². The van der Waals surface area contributed by atoms with Crippen molar-refractivity contribution in [3.63, 3.8) is 0 Å². The number of aliphatic hydroxyl groups excluding tert-OH is 2. The summed E-state index contributed by atoms with van der Waals surface area (Å²) in [4.78, 5) is 11.2. The van der Waals surface area contributed by atoms with Gasteiger partial charge in [0.15, 0.2) is 6.10 Å². The molecule has 1 aromatic rings. The number of carbonyl (C=O) groups is 1. The van der Waals surface area contributed by atoms with Crippen molar-refractivity contribution in [3.8, 4) is 0 Å². The van der Waals surface area contributed by atoms with Gasteiger partial charge in [0.25, 0.3) is 0 Å². The van der Waals surface area contributed by atoms with Crippen molar-refractivity contribution in [2.75, 3.05) is 6.61 Å². The highest BCUT2D eigenvalue weighted by molar-refractivity contribution is 9.10. The van der Waals surface area contributed by atoms with E-state index in [9.17, 15) is 15.0 Å². The second kappa shape index (κ2) is 6.35. The summed E-state index contributed by atoms with van der Waals surface area (Å²) in [5.74, 6) is -0.855. The van der Waals surface area contributed by atoms with Gasteiger partial charge >= 0.3 is 5.97 Å². The van der Waals surface area contributed by atoms with E-state index in [-0.39, 0.29) is 6.61 Å². The second-order valence-corrected chi connectivity index (χ2v) is 4.58. The Morgan fingerprint density at radius 2 is 2.18 bits per heavy atom. The van der Waals surface area contributed by atoms with E-state index < -0.39 is 18.2 Å². The van der Waals surface area contributed by atoms with E-state index >= 15 is 0 Å². The van der Waals surface area contributed by atoms with Crippen molar-refractivity contribution in [1.29, 1.82) is 0 Å². The van der Waals surface area contributed by atoms with Crippen LogP contribution in [0.3, 0.4) is 0 Å². The minimum absolute atomic E-state index is 0.146. The van der Waals surface area contributed by atoms with Crippen LogP contribution in [0.4, 0.5) is 0 Å². The maximum Gasteiger partial charge on any atom is 0.338 e. The highest BCUT2D eigenvalue weighted by atomic mass is 79.9. The first-order valence-electron chi connectivity index (χ1n) is 4.95. The average molecular weight is 324 g/mol. The quantitative estimate of drug-likeness (QED) is 0.832. The van der Waals surface area contributed by atoms with Crippen LogP contribution in [0, 0.1) is 0 Å².